The highest BCUT2D eigenvalue weighted by Crippen LogP contribution is 2.34. The average Bonchev–Trinajstić information content (AvgIpc) is 3.05. The van der Waals surface area contributed by atoms with Gasteiger partial charge in [-0.05, 0) is 32.0 Å². The van der Waals surface area contributed by atoms with E-state index in [4.69, 9.17) is 14.2 Å². The predicted molar refractivity (Wildman–Crippen MR) is 89.5 cm³/mol. The van der Waals surface area contributed by atoms with Crippen molar-refractivity contribution < 1.29 is 32.2 Å². The molecule has 0 N–H and O–H groups in total. The number of hydrogen-bond donors (Lipinski definition) is 0. The molecule has 0 atom stereocenters. The third kappa shape index (κ3) is 6.10. The van der Waals surface area contributed by atoms with E-state index in [0.29, 0.717) is 0 Å². The lowest BCUT2D eigenvalue weighted by atomic mass is 10.1. The molecule has 1 aromatic heterocycles. The quantitative estimate of drug-likeness (QED) is 0.413. The number of ether oxygens (including phenoxy) is 3. The summed E-state index contributed by atoms with van der Waals surface area (Å²) in [5.41, 5.74) is -0.800. The summed E-state index contributed by atoms with van der Waals surface area (Å²) in [4.78, 5) is 15.4. The number of halogens is 3. The van der Waals surface area contributed by atoms with Crippen LogP contribution in [0.4, 0.5) is 13.2 Å². The highest BCUT2D eigenvalue weighted by Gasteiger charge is 2.32. The van der Waals surface area contributed by atoms with Crippen molar-refractivity contribution in [2.75, 3.05) is 13.9 Å². The first-order chi connectivity index (χ1) is 12.7. The fourth-order valence-corrected chi connectivity index (χ4v) is 1.99. The third-order valence-electron chi connectivity index (χ3n) is 3.06. The molecule has 7 nitrogen and oxygen atoms in total. The van der Waals surface area contributed by atoms with E-state index >= 15 is 0 Å². The Morgan fingerprint density at radius 2 is 2.04 bits per heavy atom. The molecule has 2 aromatic rings. The first kappa shape index (κ1) is 20.4. The molecule has 0 bridgehead atoms. The molecule has 0 spiro atoms. The molecular formula is C17H18F3N3O4. The lowest BCUT2D eigenvalue weighted by Gasteiger charge is -2.11. The lowest BCUT2D eigenvalue weighted by molar-refractivity contribution is -0.141. The molecule has 0 aliphatic carbocycles. The molecule has 0 amide bonds. The Hall–Kier alpha value is -2.88. The van der Waals surface area contributed by atoms with Crippen molar-refractivity contribution in [2.24, 2.45) is 0 Å². The summed E-state index contributed by atoms with van der Waals surface area (Å²) in [5, 5.41) is 4.03. The SMILES string of the molecule is COCOc1cc(-c2ncn(C=CC(=O)OC(C)C)n2)cc(C(F)(F)F)c1. The largest absolute Gasteiger partial charge is 0.468 e. The van der Waals surface area contributed by atoms with Crippen molar-refractivity contribution in [2.45, 2.75) is 26.1 Å². The number of hydrogen-bond acceptors (Lipinski definition) is 6. The first-order valence-electron chi connectivity index (χ1n) is 7.83. The average molecular weight is 385 g/mol. The Morgan fingerprint density at radius 1 is 1.30 bits per heavy atom. The maximum absolute atomic E-state index is 13.1. The Kier molecular flexibility index (Phi) is 6.56. The van der Waals surface area contributed by atoms with Gasteiger partial charge in [0.2, 0.25) is 0 Å². The zero-order valence-electron chi connectivity index (χ0n) is 14.9. The van der Waals surface area contributed by atoms with Gasteiger partial charge in [-0.15, -0.1) is 5.10 Å². The number of esters is 1. The molecule has 1 heterocycles. The van der Waals surface area contributed by atoms with Crippen LogP contribution in [0.15, 0.2) is 30.6 Å². The van der Waals surface area contributed by atoms with Gasteiger partial charge in [-0.25, -0.2) is 14.5 Å². The molecule has 0 fully saturated rings. The topological polar surface area (TPSA) is 75.5 Å². The smallest absolute Gasteiger partial charge is 0.416 e. The second kappa shape index (κ2) is 8.67. The Balaban J connectivity index is 2.28. The molecule has 2 rings (SSSR count). The van der Waals surface area contributed by atoms with Gasteiger partial charge in [0.05, 0.1) is 11.7 Å². The maximum atomic E-state index is 13.1. The van der Waals surface area contributed by atoms with Gasteiger partial charge in [-0.1, -0.05) is 0 Å². The summed E-state index contributed by atoms with van der Waals surface area (Å²) in [7, 11) is 1.36. The molecule has 1 aromatic carbocycles. The number of alkyl halides is 3. The first-order valence-corrected chi connectivity index (χ1v) is 7.83. The highest BCUT2D eigenvalue weighted by atomic mass is 19.4. The van der Waals surface area contributed by atoms with E-state index < -0.39 is 17.7 Å². The summed E-state index contributed by atoms with van der Waals surface area (Å²) in [6.45, 7) is 3.20. The monoisotopic (exact) mass is 385 g/mol. The van der Waals surface area contributed by atoms with Crippen LogP contribution in [0.25, 0.3) is 17.6 Å². The summed E-state index contributed by atoms with van der Waals surface area (Å²) < 4.78 is 55.3. The van der Waals surface area contributed by atoms with E-state index in [1.807, 2.05) is 0 Å². The van der Waals surface area contributed by atoms with Crippen molar-refractivity contribution >= 4 is 12.2 Å². The van der Waals surface area contributed by atoms with Crippen LogP contribution >= 0.6 is 0 Å². The summed E-state index contributed by atoms with van der Waals surface area (Å²) >= 11 is 0. The number of carbonyl (C=O) groups excluding carboxylic acids is 1. The van der Waals surface area contributed by atoms with Crippen LogP contribution < -0.4 is 4.74 Å². The fourth-order valence-electron chi connectivity index (χ4n) is 1.99. The number of aromatic nitrogens is 3. The third-order valence-corrected chi connectivity index (χ3v) is 3.06. The van der Waals surface area contributed by atoms with Crippen LogP contribution in [0.5, 0.6) is 5.75 Å². The van der Waals surface area contributed by atoms with Gasteiger partial charge in [-0.3, -0.25) is 0 Å². The number of methoxy groups -OCH3 is 1. The predicted octanol–water partition coefficient (Wildman–Crippen LogP) is 3.37. The zero-order chi connectivity index (χ0) is 20.0. The number of rotatable bonds is 7. The molecule has 0 saturated heterocycles. The van der Waals surface area contributed by atoms with Crippen molar-refractivity contribution in [3.05, 3.63) is 36.2 Å². The molecule has 10 heteroatoms. The molecule has 146 valence electrons. The Labute approximate surface area is 153 Å². The normalized spacial score (nSPS) is 12.0. The van der Waals surface area contributed by atoms with E-state index in [2.05, 4.69) is 10.1 Å². The van der Waals surface area contributed by atoms with Gasteiger partial charge in [-0.2, -0.15) is 13.2 Å². The number of benzene rings is 1. The molecule has 0 unspecified atom stereocenters. The van der Waals surface area contributed by atoms with Crippen molar-refractivity contribution in [3.8, 4) is 17.1 Å². The van der Waals surface area contributed by atoms with Gasteiger partial charge in [0, 0.05) is 24.9 Å². The van der Waals surface area contributed by atoms with E-state index in [1.165, 1.54) is 30.4 Å². The maximum Gasteiger partial charge on any atom is 0.416 e. The summed E-state index contributed by atoms with van der Waals surface area (Å²) in [6, 6.07) is 3.14. The Bertz CT molecular complexity index is 816. The van der Waals surface area contributed by atoms with E-state index in [0.717, 1.165) is 18.2 Å². The van der Waals surface area contributed by atoms with Gasteiger partial charge in [0.25, 0.3) is 0 Å². The summed E-state index contributed by atoms with van der Waals surface area (Å²) in [5.74, 6) is -0.573. The molecule has 0 aliphatic heterocycles. The van der Waals surface area contributed by atoms with Crippen LogP contribution in [-0.4, -0.2) is 40.7 Å². The second-order valence-corrected chi connectivity index (χ2v) is 5.64. The van der Waals surface area contributed by atoms with Crippen molar-refractivity contribution in [3.63, 3.8) is 0 Å². The zero-order valence-corrected chi connectivity index (χ0v) is 14.9. The van der Waals surface area contributed by atoms with Gasteiger partial charge in [0.1, 0.15) is 12.1 Å². The molecule has 0 saturated carbocycles. The van der Waals surface area contributed by atoms with E-state index in [1.54, 1.807) is 13.8 Å². The minimum absolute atomic E-state index is 0.0326. The number of nitrogens with zero attached hydrogens (tertiary/aromatic N) is 3. The van der Waals surface area contributed by atoms with Crippen LogP contribution in [-0.2, 0) is 20.4 Å². The fraction of sp³-hybridized carbons (Fsp3) is 0.353. The summed E-state index contributed by atoms with van der Waals surface area (Å²) in [6.07, 6.45) is -1.16. The second-order valence-electron chi connectivity index (χ2n) is 5.64. The highest BCUT2D eigenvalue weighted by molar-refractivity contribution is 5.85. The van der Waals surface area contributed by atoms with Gasteiger partial charge in [0.15, 0.2) is 12.6 Å². The standard InChI is InChI=1S/C17H18F3N3O4/c1-11(2)27-15(24)4-5-23-9-21-16(22-23)12-6-13(17(18,19)20)8-14(7-12)26-10-25-3/h4-9,11H,10H2,1-3H3. The van der Waals surface area contributed by atoms with Crippen LogP contribution in [0.1, 0.15) is 19.4 Å². The minimum atomic E-state index is -4.57. The van der Waals surface area contributed by atoms with Gasteiger partial charge < -0.3 is 14.2 Å². The van der Waals surface area contributed by atoms with Gasteiger partial charge >= 0.3 is 12.1 Å². The van der Waals surface area contributed by atoms with Crippen LogP contribution in [0.3, 0.4) is 0 Å². The van der Waals surface area contributed by atoms with Crippen molar-refractivity contribution in [1.29, 1.82) is 0 Å². The number of carbonyl (C=O) groups is 1. The van der Waals surface area contributed by atoms with E-state index in [9.17, 15) is 18.0 Å². The van der Waals surface area contributed by atoms with Crippen LogP contribution in [0.2, 0.25) is 0 Å². The molecule has 27 heavy (non-hydrogen) atoms. The lowest BCUT2D eigenvalue weighted by Crippen LogP contribution is -2.08. The minimum Gasteiger partial charge on any atom is -0.468 e. The molecule has 0 radical (unpaired) electrons. The molecule has 0 aliphatic rings. The van der Waals surface area contributed by atoms with Crippen molar-refractivity contribution in [1.82, 2.24) is 14.8 Å². The van der Waals surface area contributed by atoms with Crippen LogP contribution in [0, 0.1) is 0 Å². The Morgan fingerprint density at radius 3 is 2.67 bits per heavy atom. The van der Waals surface area contributed by atoms with E-state index in [-0.39, 0.29) is 30.0 Å². The molecular weight excluding hydrogens is 367 g/mol.